The first kappa shape index (κ1) is 21.8. The smallest absolute Gasteiger partial charge is 0.314 e. The van der Waals surface area contributed by atoms with Gasteiger partial charge in [-0.1, -0.05) is 58.3 Å². The minimum absolute atomic E-state index is 0.244. The van der Waals surface area contributed by atoms with Crippen molar-refractivity contribution in [1.29, 1.82) is 0 Å². The van der Waals surface area contributed by atoms with Crippen LogP contribution < -0.4 is 4.74 Å². The Kier molecular flexibility index (Phi) is 9.16. The molecule has 0 spiro atoms. The fraction of sp³-hybridized carbons (Fsp3) is 0.682. The number of esters is 1. The van der Waals surface area contributed by atoms with Gasteiger partial charge in [0.1, 0.15) is 5.75 Å². The number of benzene rings is 1. The molecule has 2 nitrogen and oxygen atoms in total. The Morgan fingerprint density at radius 2 is 1.48 bits per heavy atom. The Morgan fingerprint density at radius 1 is 0.926 bits per heavy atom. The number of ether oxygens (including phenoxy) is 1. The van der Waals surface area contributed by atoms with Crippen LogP contribution in [0.2, 0.25) is 0 Å². The minimum atomic E-state index is -1.55. The number of unbranched alkanes of at least 4 members (excludes halogenated alkanes) is 6. The van der Waals surface area contributed by atoms with Crippen molar-refractivity contribution in [1.82, 2.24) is 0 Å². The van der Waals surface area contributed by atoms with Crippen molar-refractivity contribution in [2.24, 2.45) is 11.8 Å². The maximum absolute atomic E-state index is 13.2. The van der Waals surface area contributed by atoms with E-state index in [1.54, 1.807) is 0 Å². The summed E-state index contributed by atoms with van der Waals surface area (Å²) in [5.41, 5.74) is 0. The first-order chi connectivity index (χ1) is 13.0. The van der Waals surface area contributed by atoms with Crippen molar-refractivity contribution >= 4 is 5.97 Å². The molecule has 2 rings (SSSR count). The number of carbonyl (C=O) groups excluding carboxylic acids is 1. The largest absolute Gasteiger partial charge is 0.426 e. The third kappa shape index (κ3) is 7.19. The SMILES string of the molecule is CCCCCCCCCC1CCC(C(=O)Oc2cc(F)c(F)c(F)c2)CC1. The molecule has 1 aromatic rings. The number of carbonyl (C=O) groups is 1. The zero-order valence-corrected chi connectivity index (χ0v) is 16.2. The summed E-state index contributed by atoms with van der Waals surface area (Å²) < 4.78 is 44.4. The zero-order valence-electron chi connectivity index (χ0n) is 16.2. The number of rotatable bonds is 10. The molecule has 0 aliphatic heterocycles. The van der Waals surface area contributed by atoms with Crippen molar-refractivity contribution in [3.05, 3.63) is 29.6 Å². The molecule has 152 valence electrons. The average Bonchev–Trinajstić information content (AvgIpc) is 2.65. The van der Waals surface area contributed by atoms with E-state index in [4.69, 9.17) is 4.74 Å². The Balaban J connectivity index is 1.65. The van der Waals surface area contributed by atoms with Gasteiger partial charge in [-0.3, -0.25) is 4.79 Å². The lowest BCUT2D eigenvalue weighted by atomic mass is 9.80. The summed E-state index contributed by atoms with van der Waals surface area (Å²) in [6, 6.07) is 1.42. The predicted molar refractivity (Wildman–Crippen MR) is 100 cm³/mol. The van der Waals surface area contributed by atoms with Crippen molar-refractivity contribution in [3.8, 4) is 5.75 Å². The molecule has 1 aliphatic carbocycles. The van der Waals surface area contributed by atoms with E-state index < -0.39 is 23.4 Å². The summed E-state index contributed by atoms with van der Waals surface area (Å²) in [6.45, 7) is 2.22. The number of hydrogen-bond donors (Lipinski definition) is 0. The third-order valence-corrected chi connectivity index (χ3v) is 5.57. The fourth-order valence-corrected chi connectivity index (χ4v) is 3.87. The van der Waals surface area contributed by atoms with Gasteiger partial charge in [0.25, 0.3) is 0 Å². The highest BCUT2D eigenvalue weighted by Crippen LogP contribution is 2.33. The molecule has 0 atom stereocenters. The van der Waals surface area contributed by atoms with Crippen molar-refractivity contribution < 1.29 is 22.7 Å². The van der Waals surface area contributed by atoms with Crippen LogP contribution >= 0.6 is 0 Å². The van der Waals surface area contributed by atoms with Crippen molar-refractivity contribution in [2.75, 3.05) is 0 Å². The average molecular weight is 384 g/mol. The lowest BCUT2D eigenvalue weighted by Crippen LogP contribution is -2.25. The predicted octanol–water partition coefficient (Wildman–Crippen LogP) is 6.96. The Morgan fingerprint density at radius 3 is 2.07 bits per heavy atom. The Hall–Kier alpha value is -1.52. The molecular weight excluding hydrogens is 353 g/mol. The lowest BCUT2D eigenvalue weighted by molar-refractivity contribution is -0.140. The highest BCUT2D eigenvalue weighted by atomic mass is 19.2. The van der Waals surface area contributed by atoms with E-state index in [0.29, 0.717) is 18.1 Å². The summed E-state index contributed by atoms with van der Waals surface area (Å²) in [4.78, 5) is 12.2. The summed E-state index contributed by atoms with van der Waals surface area (Å²) in [6.07, 6.45) is 13.8. The van der Waals surface area contributed by atoms with Crippen LogP contribution in [0.1, 0.15) is 84.0 Å². The molecule has 5 heteroatoms. The van der Waals surface area contributed by atoms with Gasteiger partial charge in [-0.05, 0) is 31.6 Å². The Bertz CT molecular complexity index is 572. The molecule has 0 unspecified atom stereocenters. The topological polar surface area (TPSA) is 26.3 Å². The van der Waals surface area contributed by atoms with E-state index in [-0.39, 0.29) is 11.7 Å². The summed E-state index contributed by atoms with van der Waals surface area (Å²) in [5, 5.41) is 0. The first-order valence-corrected chi connectivity index (χ1v) is 10.4. The van der Waals surface area contributed by atoms with Gasteiger partial charge in [0, 0.05) is 12.1 Å². The molecule has 0 saturated heterocycles. The van der Waals surface area contributed by atoms with Gasteiger partial charge < -0.3 is 4.74 Å². The molecule has 0 N–H and O–H groups in total. The lowest BCUT2D eigenvalue weighted by Gasteiger charge is -2.27. The van der Waals surface area contributed by atoms with E-state index >= 15 is 0 Å². The van der Waals surface area contributed by atoms with E-state index in [0.717, 1.165) is 25.7 Å². The number of hydrogen-bond acceptors (Lipinski definition) is 2. The highest BCUT2D eigenvalue weighted by Gasteiger charge is 2.28. The van der Waals surface area contributed by atoms with Gasteiger partial charge in [0.15, 0.2) is 17.5 Å². The summed E-state index contributed by atoms with van der Waals surface area (Å²) in [5.74, 6) is -4.60. The monoisotopic (exact) mass is 384 g/mol. The molecule has 0 amide bonds. The highest BCUT2D eigenvalue weighted by molar-refractivity contribution is 5.75. The molecule has 0 radical (unpaired) electrons. The molecule has 27 heavy (non-hydrogen) atoms. The zero-order chi connectivity index (χ0) is 19.6. The van der Waals surface area contributed by atoms with Crippen LogP contribution in [0.5, 0.6) is 5.75 Å². The van der Waals surface area contributed by atoms with Gasteiger partial charge in [-0.2, -0.15) is 0 Å². The van der Waals surface area contributed by atoms with E-state index in [1.807, 2.05) is 0 Å². The molecule has 0 bridgehead atoms. The van der Waals surface area contributed by atoms with E-state index in [2.05, 4.69) is 6.92 Å². The second-order valence-electron chi connectivity index (χ2n) is 7.75. The molecule has 1 aliphatic rings. The quantitative estimate of drug-likeness (QED) is 0.189. The van der Waals surface area contributed by atoms with E-state index in [9.17, 15) is 18.0 Å². The van der Waals surface area contributed by atoms with Crippen molar-refractivity contribution in [3.63, 3.8) is 0 Å². The first-order valence-electron chi connectivity index (χ1n) is 10.4. The summed E-state index contributed by atoms with van der Waals surface area (Å²) in [7, 11) is 0. The van der Waals surface area contributed by atoms with Gasteiger partial charge in [0.05, 0.1) is 5.92 Å². The van der Waals surface area contributed by atoms with E-state index in [1.165, 1.54) is 51.4 Å². The molecule has 0 heterocycles. The molecule has 1 saturated carbocycles. The second kappa shape index (κ2) is 11.4. The van der Waals surface area contributed by atoms with Crippen LogP contribution in [0.4, 0.5) is 13.2 Å². The van der Waals surface area contributed by atoms with Crippen LogP contribution in [0.25, 0.3) is 0 Å². The minimum Gasteiger partial charge on any atom is -0.426 e. The third-order valence-electron chi connectivity index (χ3n) is 5.57. The maximum Gasteiger partial charge on any atom is 0.314 e. The maximum atomic E-state index is 13.2. The normalized spacial score (nSPS) is 19.9. The van der Waals surface area contributed by atoms with Gasteiger partial charge in [-0.25, -0.2) is 13.2 Å². The van der Waals surface area contributed by atoms with Gasteiger partial charge in [-0.15, -0.1) is 0 Å². The Labute approximate surface area is 160 Å². The van der Waals surface area contributed by atoms with Crippen LogP contribution in [-0.4, -0.2) is 5.97 Å². The van der Waals surface area contributed by atoms with Crippen molar-refractivity contribution in [2.45, 2.75) is 84.0 Å². The molecule has 0 aromatic heterocycles. The standard InChI is InChI=1S/C22H31F3O2/c1-2-3-4-5-6-7-8-9-16-10-12-17(13-11-16)22(26)27-18-14-19(23)21(25)20(24)15-18/h14-17H,2-13H2,1H3. The molecule has 1 aromatic carbocycles. The molecule has 1 fully saturated rings. The molecular formula is C22H31F3O2. The second-order valence-corrected chi connectivity index (χ2v) is 7.75. The van der Waals surface area contributed by atoms with Crippen LogP contribution in [0.3, 0.4) is 0 Å². The van der Waals surface area contributed by atoms with Gasteiger partial charge in [0.2, 0.25) is 0 Å². The number of halogens is 3. The van der Waals surface area contributed by atoms with Crippen LogP contribution in [-0.2, 0) is 4.79 Å². The fourth-order valence-electron chi connectivity index (χ4n) is 3.87. The van der Waals surface area contributed by atoms with Crippen LogP contribution in [0.15, 0.2) is 12.1 Å². The van der Waals surface area contributed by atoms with Crippen LogP contribution in [0, 0.1) is 29.3 Å². The van der Waals surface area contributed by atoms with Gasteiger partial charge >= 0.3 is 5.97 Å². The summed E-state index contributed by atoms with van der Waals surface area (Å²) >= 11 is 0.